The number of rotatable bonds is 9. The van der Waals surface area contributed by atoms with Crippen LogP contribution in [-0.4, -0.2) is 58.1 Å². The van der Waals surface area contributed by atoms with Crippen molar-refractivity contribution in [1.29, 1.82) is 0 Å². The third-order valence-corrected chi connectivity index (χ3v) is 8.95. The number of carbonyl (C=O) groups is 1. The van der Waals surface area contributed by atoms with Crippen molar-refractivity contribution in [2.75, 3.05) is 32.8 Å². The molecule has 0 spiro atoms. The molecule has 0 aliphatic carbocycles. The van der Waals surface area contributed by atoms with Crippen molar-refractivity contribution in [3.8, 4) is 0 Å². The Bertz CT molecular complexity index is 995. The van der Waals surface area contributed by atoms with Gasteiger partial charge in [0.15, 0.2) is 0 Å². The number of carbonyl (C=O) groups excluding carboxylic acids is 1. The number of nitrogens with zero attached hydrogens (tertiary/aromatic N) is 1. The van der Waals surface area contributed by atoms with Gasteiger partial charge in [-0.05, 0) is 80.4 Å². The molecule has 0 radical (unpaired) electrons. The van der Waals surface area contributed by atoms with Gasteiger partial charge in [0, 0.05) is 30.1 Å². The Hall–Kier alpha value is -1.78. The van der Waals surface area contributed by atoms with Crippen molar-refractivity contribution < 1.29 is 17.9 Å². The van der Waals surface area contributed by atoms with Crippen LogP contribution in [0, 0.1) is 5.92 Å². The van der Waals surface area contributed by atoms with Crippen molar-refractivity contribution in [1.82, 2.24) is 14.9 Å². The first-order valence-electron chi connectivity index (χ1n) is 11.7. The molecule has 1 aromatic heterocycles. The van der Waals surface area contributed by atoms with Crippen LogP contribution < -0.4 is 10.0 Å². The summed E-state index contributed by atoms with van der Waals surface area (Å²) >= 11 is 1.72. The minimum absolute atomic E-state index is 0.0655. The van der Waals surface area contributed by atoms with Crippen LogP contribution in [0.4, 0.5) is 0 Å². The van der Waals surface area contributed by atoms with E-state index < -0.39 is 10.0 Å². The fourth-order valence-corrected chi connectivity index (χ4v) is 6.33. The number of sulfonamides is 1. The lowest BCUT2D eigenvalue weighted by molar-refractivity contribution is 0.0915. The summed E-state index contributed by atoms with van der Waals surface area (Å²) in [5.74, 6) is 0.549. The summed E-state index contributed by atoms with van der Waals surface area (Å²) in [6, 6.07) is 10.4. The molecule has 33 heavy (non-hydrogen) atoms. The van der Waals surface area contributed by atoms with Gasteiger partial charge in [-0.15, -0.1) is 11.3 Å². The van der Waals surface area contributed by atoms with Crippen LogP contribution >= 0.6 is 11.3 Å². The van der Waals surface area contributed by atoms with E-state index in [-0.39, 0.29) is 29.5 Å². The number of ether oxygens (including phenoxy) is 1. The van der Waals surface area contributed by atoms with E-state index in [1.54, 1.807) is 23.5 Å². The highest BCUT2D eigenvalue weighted by Gasteiger charge is 2.26. The van der Waals surface area contributed by atoms with Crippen LogP contribution in [0.25, 0.3) is 0 Å². The summed E-state index contributed by atoms with van der Waals surface area (Å²) in [6.45, 7) is 5.83. The molecule has 2 aromatic rings. The summed E-state index contributed by atoms with van der Waals surface area (Å²) in [7, 11) is -3.63. The summed E-state index contributed by atoms with van der Waals surface area (Å²) in [5, 5.41) is 5.13. The summed E-state index contributed by atoms with van der Waals surface area (Å²) in [5.41, 5.74) is 0.449. The Morgan fingerprint density at radius 1 is 1.18 bits per heavy atom. The Morgan fingerprint density at radius 3 is 2.58 bits per heavy atom. The topological polar surface area (TPSA) is 87.7 Å². The molecule has 1 aromatic carbocycles. The Labute approximate surface area is 200 Å². The Kier molecular flexibility index (Phi) is 8.19. The van der Waals surface area contributed by atoms with Crippen LogP contribution in [0.5, 0.6) is 0 Å². The molecule has 2 aliphatic rings. The lowest BCUT2D eigenvalue weighted by Gasteiger charge is -2.36. The van der Waals surface area contributed by atoms with Crippen LogP contribution in [0.15, 0.2) is 46.7 Å². The predicted molar refractivity (Wildman–Crippen MR) is 130 cm³/mol. The highest BCUT2D eigenvalue weighted by Crippen LogP contribution is 2.29. The minimum Gasteiger partial charge on any atom is -0.377 e. The summed E-state index contributed by atoms with van der Waals surface area (Å²) < 4.78 is 33.2. The molecule has 2 aliphatic heterocycles. The van der Waals surface area contributed by atoms with E-state index in [2.05, 4.69) is 33.3 Å². The van der Waals surface area contributed by atoms with Crippen molar-refractivity contribution in [3.05, 3.63) is 52.2 Å². The molecule has 0 saturated carbocycles. The maximum atomic E-state index is 12.8. The second-order valence-electron chi connectivity index (χ2n) is 8.97. The van der Waals surface area contributed by atoms with Gasteiger partial charge in [-0.25, -0.2) is 13.1 Å². The average molecular weight is 492 g/mol. The third-order valence-electron chi connectivity index (χ3n) is 6.54. The van der Waals surface area contributed by atoms with E-state index in [0.29, 0.717) is 18.7 Å². The highest BCUT2D eigenvalue weighted by molar-refractivity contribution is 7.89. The van der Waals surface area contributed by atoms with E-state index in [4.69, 9.17) is 4.74 Å². The lowest BCUT2D eigenvalue weighted by atomic mass is 9.97. The number of benzene rings is 1. The van der Waals surface area contributed by atoms with Crippen LogP contribution in [0.1, 0.15) is 53.9 Å². The van der Waals surface area contributed by atoms with Gasteiger partial charge in [-0.3, -0.25) is 9.69 Å². The van der Waals surface area contributed by atoms with Gasteiger partial charge < -0.3 is 10.1 Å². The number of hydrogen-bond acceptors (Lipinski definition) is 6. The number of hydrogen-bond donors (Lipinski definition) is 2. The van der Waals surface area contributed by atoms with Crippen molar-refractivity contribution in [3.63, 3.8) is 0 Å². The molecule has 180 valence electrons. The second-order valence-corrected chi connectivity index (χ2v) is 11.7. The van der Waals surface area contributed by atoms with Gasteiger partial charge in [0.05, 0.1) is 17.0 Å². The number of likely N-dealkylation sites (tertiary alicyclic amines) is 1. The lowest BCUT2D eigenvalue weighted by Crippen LogP contribution is -2.41. The molecule has 3 heterocycles. The Morgan fingerprint density at radius 2 is 1.94 bits per heavy atom. The molecular formula is C24H33N3O4S2. The quantitative estimate of drug-likeness (QED) is 0.561. The zero-order chi connectivity index (χ0) is 23.3. The molecule has 0 bridgehead atoms. The zero-order valence-corrected chi connectivity index (χ0v) is 20.7. The van der Waals surface area contributed by atoms with Crippen molar-refractivity contribution in [2.45, 2.75) is 49.6 Å². The molecule has 2 atom stereocenters. The zero-order valence-electron chi connectivity index (χ0n) is 19.0. The van der Waals surface area contributed by atoms with Gasteiger partial charge >= 0.3 is 0 Å². The van der Waals surface area contributed by atoms with Crippen molar-refractivity contribution in [2.24, 2.45) is 5.92 Å². The fraction of sp³-hybridized carbons (Fsp3) is 0.542. The first-order valence-corrected chi connectivity index (χ1v) is 14.1. The number of nitrogens with one attached hydrogen (secondary N) is 2. The third kappa shape index (κ3) is 6.42. The molecule has 9 heteroatoms. The average Bonchev–Trinajstić information content (AvgIpc) is 3.54. The summed E-state index contributed by atoms with van der Waals surface area (Å²) in [4.78, 5) is 16.7. The largest absolute Gasteiger partial charge is 0.377 e. The number of amides is 1. The molecule has 4 rings (SSSR count). The highest BCUT2D eigenvalue weighted by atomic mass is 32.2. The van der Waals surface area contributed by atoms with Crippen LogP contribution in [0.3, 0.4) is 0 Å². The molecule has 7 nitrogen and oxygen atoms in total. The monoisotopic (exact) mass is 491 g/mol. The molecular weight excluding hydrogens is 458 g/mol. The fourth-order valence-electron chi connectivity index (χ4n) is 4.40. The maximum Gasteiger partial charge on any atom is 0.251 e. The molecule has 2 unspecified atom stereocenters. The first kappa shape index (κ1) is 24.3. The van der Waals surface area contributed by atoms with Gasteiger partial charge in [0.1, 0.15) is 0 Å². The number of thiophene rings is 1. The van der Waals surface area contributed by atoms with E-state index >= 15 is 0 Å². The summed E-state index contributed by atoms with van der Waals surface area (Å²) in [6.07, 6.45) is 4.11. The second kappa shape index (κ2) is 11.1. The molecule has 1 amide bonds. The van der Waals surface area contributed by atoms with E-state index in [1.165, 1.54) is 29.9 Å². The van der Waals surface area contributed by atoms with E-state index in [0.717, 1.165) is 31.8 Å². The standard InChI is InChI=1S/C24H33N3O4S2/c1-18-10-12-27(13-11-18)22(23-5-3-15-32-23)17-25-24(28)19-6-8-21(9-7-19)33(29,30)26-16-20-4-2-14-31-20/h3,5-9,15,18,20,22,26H,2,4,10-14,16-17H2,1H3,(H,25,28). The Balaban J connectivity index is 1.35. The molecule has 2 saturated heterocycles. The normalized spacial score (nSPS) is 21.2. The predicted octanol–water partition coefficient (Wildman–Crippen LogP) is 3.41. The van der Waals surface area contributed by atoms with Gasteiger partial charge in [-0.2, -0.15) is 0 Å². The SMILES string of the molecule is CC1CCN(C(CNC(=O)c2ccc(S(=O)(=O)NCC3CCCO3)cc2)c2cccs2)CC1. The number of piperidine rings is 1. The minimum atomic E-state index is -3.63. The van der Waals surface area contributed by atoms with E-state index in [9.17, 15) is 13.2 Å². The van der Waals surface area contributed by atoms with Crippen molar-refractivity contribution >= 4 is 27.3 Å². The van der Waals surface area contributed by atoms with E-state index in [1.807, 2.05) is 6.07 Å². The first-order chi connectivity index (χ1) is 15.9. The van der Waals surface area contributed by atoms with Crippen LogP contribution in [-0.2, 0) is 14.8 Å². The van der Waals surface area contributed by atoms with Gasteiger partial charge in [-0.1, -0.05) is 13.0 Å². The van der Waals surface area contributed by atoms with Crippen LogP contribution in [0.2, 0.25) is 0 Å². The molecule has 2 fully saturated rings. The maximum absolute atomic E-state index is 12.8. The molecule has 2 N–H and O–H groups in total. The van der Waals surface area contributed by atoms with Gasteiger partial charge in [0.25, 0.3) is 5.91 Å². The van der Waals surface area contributed by atoms with Gasteiger partial charge in [0.2, 0.25) is 10.0 Å². The smallest absolute Gasteiger partial charge is 0.251 e.